The third-order valence-electron chi connectivity index (χ3n) is 3.80. The summed E-state index contributed by atoms with van der Waals surface area (Å²) in [5.41, 5.74) is 6.83. The number of benzene rings is 1. The van der Waals surface area contributed by atoms with E-state index in [4.69, 9.17) is 17.3 Å². The Bertz CT molecular complexity index is 376. The summed E-state index contributed by atoms with van der Waals surface area (Å²) < 4.78 is 12.9. The lowest BCUT2D eigenvalue weighted by Gasteiger charge is -2.48. The Hall–Kier alpha value is -0.600. The van der Waals surface area contributed by atoms with Crippen LogP contribution in [0.25, 0.3) is 0 Å². The second-order valence-electron chi connectivity index (χ2n) is 4.42. The van der Waals surface area contributed by atoms with Gasteiger partial charge in [0.05, 0.1) is 0 Å². The Morgan fingerprint density at radius 1 is 1.60 bits per heavy atom. The van der Waals surface area contributed by atoms with Gasteiger partial charge in [0.15, 0.2) is 0 Å². The van der Waals surface area contributed by atoms with E-state index in [1.807, 2.05) is 0 Å². The zero-order valence-electron chi connectivity index (χ0n) is 8.76. The van der Waals surface area contributed by atoms with Gasteiger partial charge in [-0.3, -0.25) is 0 Å². The molecule has 1 aliphatic carbocycles. The van der Waals surface area contributed by atoms with Gasteiger partial charge in [0, 0.05) is 17.0 Å². The van der Waals surface area contributed by atoms with Crippen LogP contribution in [-0.2, 0) is 5.41 Å². The Labute approximate surface area is 94.4 Å². The highest BCUT2D eigenvalue weighted by atomic mass is 35.5. The van der Waals surface area contributed by atoms with Crippen molar-refractivity contribution in [2.45, 2.75) is 25.2 Å². The predicted octanol–water partition coefficient (Wildman–Crippen LogP) is 3.11. The predicted molar refractivity (Wildman–Crippen MR) is 60.5 cm³/mol. The van der Waals surface area contributed by atoms with Gasteiger partial charge in [0.25, 0.3) is 0 Å². The fraction of sp³-hybridized carbons (Fsp3) is 0.500. The van der Waals surface area contributed by atoms with Crippen molar-refractivity contribution >= 4 is 11.6 Å². The molecule has 3 heteroatoms. The monoisotopic (exact) mass is 227 g/mol. The highest BCUT2D eigenvalue weighted by Gasteiger charge is 2.45. The van der Waals surface area contributed by atoms with Crippen molar-refractivity contribution in [3.05, 3.63) is 34.6 Å². The number of rotatable bonds is 2. The summed E-state index contributed by atoms with van der Waals surface area (Å²) in [5, 5.41) is 0.506. The van der Waals surface area contributed by atoms with Crippen LogP contribution in [0.4, 0.5) is 4.39 Å². The fourth-order valence-corrected chi connectivity index (χ4v) is 2.84. The molecule has 0 aromatic heterocycles. The highest BCUT2D eigenvalue weighted by molar-refractivity contribution is 6.31. The summed E-state index contributed by atoms with van der Waals surface area (Å²) in [6.45, 7) is 2.76. The van der Waals surface area contributed by atoms with Crippen LogP contribution >= 0.6 is 11.6 Å². The molecule has 2 atom stereocenters. The molecule has 0 saturated heterocycles. The molecule has 15 heavy (non-hydrogen) atoms. The third-order valence-corrected chi connectivity index (χ3v) is 4.11. The van der Waals surface area contributed by atoms with Crippen molar-refractivity contribution in [1.82, 2.24) is 0 Å². The first-order chi connectivity index (χ1) is 7.10. The summed E-state index contributed by atoms with van der Waals surface area (Å²) in [4.78, 5) is 0. The normalized spacial score (nSPS) is 30.0. The van der Waals surface area contributed by atoms with Crippen molar-refractivity contribution in [3.8, 4) is 0 Å². The van der Waals surface area contributed by atoms with Gasteiger partial charge in [0.2, 0.25) is 0 Å². The van der Waals surface area contributed by atoms with Gasteiger partial charge in [-0.05, 0) is 36.5 Å². The van der Waals surface area contributed by atoms with Gasteiger partial charge >= 0.3 is 0 Å². The molecule has 2 rings (SSSR count). The van der Waals surface area contributed by atoms with E-state index >= 15 is 0 Å². The summed E-state index contributed by atoms with van der Waals surface area (Å²) in [6.07, 6.45) is 2.22. The minimum atomic E-state index is -0.289. The largest absolute Gasteiger partial charge is 0.330 e. The number of hydrogen-bond acceptors (Lipinski definition) is 1. The van der Waals surface area contributed by atoms with Gasteiger partial charge in [-0.1, -0.05) is 24.6 Å². The molecule has 1 fully saturated rings. The van der Waals surface area contributed by atoms with Gasteiger partial charge < -0.3 is 5.73 Å². The summed E-state index contributed by atoms with van der Waals surface area (Å²) in [5.74, 6) is 0.244. The molecular weight excluding hydrogens is 213 g/mol. The Morgan fingerprint density at radius 2 is 2.33 bits per heavy atom. The van der Waals surface area contributed by atoms with Crippen LogP contribution in [0.5, 0.6) is 0 Å². The maximum Gasteiger partial charge on any atom is 0.124 e. The number of nitrogens with two attached hydrogens (primary N) is 1. The molecule has 1 aliphatic rings. The standard InChI is InChI=1S/C12H15ClFN/c1-8-4-5-12(8,7-15)10-3-2-9(14)6-11(10)13/h2-3,6,8H,4-5,7,15H2,1H3. The van der Waals surface area contributed by atoms with Gasteiger partial charge in [-0.2, -0.15) is 0 Å². The lowest BCUT2D eigenvalue weighted by Crippen LogP contribution is -2.48. The van der Waals surface area contributed by atoms with Crippen molar-refractivity contribution in [1.29, 1.82) is 0 Å². The lowest BCUT2D eigenvalue weighted by atomic mass is 9.57. The zero-order valence-corrected chi connectivity index (χ0v) is 9.52. The van der Waals surface area contributed by atoms with Gasteiger partial charge in [0.1, 0.15) is 5.82 Å². The maximum absolute atomic E-state index is 12.9. The first kappa shape index (κ1) is 10.9. The summed E-state index contributed by atoms with van der Waals surface area (Å²) in [6, 6.07) is 4.61. The molecule has 0 aliphatic heterocycles. The molecule has 2 N–H and O–H groups in total. The van der Waals surface area contributed by atoms with Crippen LogP contribution in [0.2, 0.25) is 5.02 Å². The van der Waals surface area contributed by atoms with Crippen molar-refractivity contribution in [2.24, 2.45) is 11.7 Å². The van der Waals surface area contributed by atoms with Crippen molar-refractivity contribution < 1.29 is 4.39 Å². The minimum Gasteiger partial charge on any atom is -0.330 e. The first-order valence-corrected chi connectivity index (χ1v) is 5.63. The van der Waals surface area contributed by atoms with Crippen LogP contribution < -0.4 is 5.73 Å². The van der Waals surface area contributed by atoms with Crippen LogP contribution in [0, 0.1) is 11.7 Å². The minimum absolute atomic E-state index is 0.0230. The number of hydrogen-bond donors (Lipinski definition) is 1. The van der Waals surface area contributed by atoms with E-state index < -0.39 is 0 Å². The number of halogens is 2. The molecule has 1 aromatic rings. The smallest absolute Gasteiger partial charge is 0.124 e. The van der Waals surface area contributed by atoms with E-state index in [-0.39, 0.29) is 11.2 Å². The van der Waals surface area contributed by atoms with E-state index in [9.17, 15) is 4.39 Å². The molecular formula is C12H15ClFN. The molecule has 0 heterocycles. The van der Waals surface area contributed by atoms with Gasteiger partial charge in [-0.25, -0.2) is 4.39 Å². The highest BCUT2D eigenvalue weighted by Crippen LogP contribution is 2.49. The topological polar surface area (TPSA) is 26.0 Å². The van der Waals surface area contributed by atoms with Crippen molar-refractivity contribution in [2.75, 3.05) is 6.54 Å². The SMILES string of the molecule is CC1CCC1(CN)c1ccc(F)cc1Cl. The van der Waals surface area contributed by atoms with E-state index in [2.05, 4.69) is 6.92 Å². The lowest BCUT2D eigenvalue weighted by molar-refractivity contribution is 0.146. The summed E-state index contributed by atoms with van der Waals surface area (Å²) >= 11 is 6.08. The van der Waals surface area contributed by atoms with E-state index in [0.29, 0.717) is 17.5 Å². The molecule has 0 amide bonds. The van der Waals surface area contributed by atoms with E-state index in [0.717, 1.165) is 12.0 Å². The molecule has 1 saturated carbocycles. The van der Waals surface area contributed by atoms with Crippen LogP contribution in [-0.4, -0.2) is 6.54 Å². The molecule has 0 radical (unpaired) electrons. The molecule has 0 spiro atoms. The fourth-order valence-electron chi connectivity index (χ4n) is 2.49. The maximum atomic E-state index is 12.9. The average Bonchev–Trinajstić information content (AvgIpc) is 2.20. The van der Waals surface area contributed by atoms with E-state index in [1.165, 1.54) is 18.6 Å². The van der Waals surface area contributed by atoms with Gasteiger partial charge in [-0.15, -0.1) is 0 Å². The molecule has 1 aromatic carbocycles. The third kappa shape index (κ3) is 1.56. The van der Waals surface area contributed by atoms with E-state index in [1.54, 1.807) is 6.07 Å². The first-order valence-electron chi connectivity index (χ1n) is 5.26. The van der Waals surface area contributed by atoms with Crippen LogP contribution in [0.3, 0.4) is 0 Å². The molecule has 1 nitrogen and oxygen atoms in total. The zero-order chi connectivity index (χ0) is 11.1. The van der Waals surface area contributed by atoms with Crippen LogP contribution in [0.1, 0.15) is 25.3 Å². The Balaban J connectivity index is 2.44. The Morgan fingerprint density at radius 3 is 2.73 bits per heavy atom. The molecule has 0 bridgehead atoms. The second kappa shape index (κ2) is 3.76. The molecule has 2 unspecified atom stereocenters. The quantitative estimate of drug-likeness (QED) is 0.826. The molecule has 82 valence electrons. The van der Waals surface area contributed by atoms with Crippen LogP contribution in [0.15, 0.2) is 18.2 Å². The Kier molecular flexibility index (Phi) is 2.73. The second-order valence-corrected chi connectivity index (χ2v) is 4.83. The average molecular weight is 228 g/mol. The van der Waals surface area contributed by atoms with Crippen molar-refractivity contribution in [3.63, 3.8) is 0 Å². The summed E-state index contributed by atoms with van der Waals surface area (Å²) in [7, 11) is 0.